The first kappa shape index (κ1) is 25.5. The molecule has 2 unspecified atom stereocenters. The van der Waals surface area contributed by atoms with Gasteiger partial charge in [-0.25, -0.2) is 9.37 Å². The number of alkyl halides is 1. The molecule has 1 amide bonds. The molecule has 2 N–H and O–H groups in total. The Bertz CT molecular complexity index is 1420. The van der Waals surface area contributed by atoms with Gasteiger partial charge in [-0.15, -0.1) is 0 Å². The standard InChI is InChI=1S/C28H28ClFN4O2/c1-18-8-10-21(11-9-18)27(35)33(17-23(30)15-31)19(2)26-32-25-14-22(29)12-13-24(25)28(36)34(26)16-20-6-4-3-5-7-20/h3-14,19,23H,15-17,31H2,1-2H3. The second-order valence-electron chi connectivity index (χ2n) is 8.84. The van der Waals surface area contributed by atoms with Crippen molar-refractivity contribution in [2.24, 2.45) is 5.73 Å². The van der Waals surface area contributed by atoms with E-state index in [-0.39, 0.29) is 31.1 Å². The van der Waals surface area contributed by atoms with Crippen LogP contribution in [-0.4, -0.2) is 39.6 Å². The zero-order valence-corrected chi connectivity index (χ0v) is 21.0. The van der Waals surface area contributed by atoms with Crippen LogP contribution >= 0.6 is 11.6 Å². The van der Waals surface area contributed by atoms with Crippen molar-refractivity contribution in [2.45, 2.75) is 32.6 Å². The maximum absolute atomic E-state index is 14.6. The van der Waals surface area contributed by atoms with Crippen molar-refractivity contribution in [3.63, 3.8) is 0 Å². The van der Waals surface area contributed by atoms with Crippen molar-refractivity contribution >= 4 is 28.4 Å². The molecule has 0 radical (unpaired) electrons. The summed E-state index contributed by atoms with van der Waals surface area (Å²) in [6, 6.07) is 20.7. The Kier molecular flexibility index (Phi) is 7.82. The van der Waals surface area contributed by atoms with E-state index in [1.54, 1.807) is 41.8 Å². The highest BCUT2D eigenvalue weighted by Gasteiger charge is 2.29. The Morgan fingerprint density at radius 1 is 1.11 bits per heavy atom. The van der Waals surface area contributed by atoms with E-state index < -0.39 is 12.2 Å². The smallest absolute Gasteiger partial charge is 0.261 e. The number of aromatic nitrogens is 2. The van der Waals surface area contributed by atoms with Gasteiger partial charge in [0, 0.05) is 17.1 Å². The highest BCUT2D eigenvalue weighted by Crippen LogP contribution is 2.25. The van der Waals surface area contributed by atoms with E-state index in [0.717, 1.165) is 11.1 Å². The third-order valence-corrected chi connectivity index (χ3v) is 6.42. The second-order valence-corrected chi connectivity index (χ2v) is 9.28. The van der Waals surface area contributed by atoms with Crippen LogP contribution in [0.15, 0.2) is 77.6 Å². The number of hydrogen-bond donors (Lipinski definition) is 1. The molecule has 0 aliphatic rings. The van der Waals surface area contributed by atoms with Crippen LogP contribution in [-0.2, 0) is 6.54 Å². The fourth-order valence-corrected chi connectivity index (χ4v) is 4.32. The molecule has 0 fully saturated rings. The summed E-state index contributed by atoms with van der Waals surface area (Å²) >= 11 is 6.19. The summed E-state index contributed by atoms with van der Waals surface area (Å²) in [5.74, 6) is -0.0337. The van der Waals surface area contributed by atoms with Gasteiger partial charge in [0.1, 0.15) is 12.0 Å². The third kappa shape index (κ3) is 5.48. The Labute approximate surface area is 214 Å². The summed E-state index contributed by atoms with van der Waals surface area (Å²) in [5.41, 5.74) is 8.03. The minimum absolute atomic E-state index is 0.234. The van der Waals surface area contributed by atoms with Crippen LogP contribution in [0, 0.1) is 6.92 Å². The first-order valence-corrected chi connectivity index (χ1v) is 12.1. The Morgan fingerprint density at radius 3 is 2.47 bits per heavy atom. The summed E-state index contributed by atoms with van der Waals surface area (Å²) in [5, 5.41) is 0.848. The molecule has 0 saturated carbocycles. The zero-order valence-electron chi connectivity index (χ0n) is 20.2. The van der Waals surface area contributed by atoms with Crippen LogP contribution in [0.1, 0.15) is 40.3 Å². The van der Waals surface area contributed by atoms with Crippen LogP contribution in [0.5, 0.6) is 0 Å². The van der Waals surface area contributed by atoms with E-state index in [9.17, 15) is 14.0 Å². The minimum Gasteiger partial charge on any atom is -0.328 e. The van der Waals surface area contributed by atoms with Gasteiger partial charge in [0.25, 0.3) is 11.5 Å². The Morgan fingerprint density at radius 2 is 1.81 bits per heavy atom. The van der Waals surface area contributed by atoms with E-state index in [1.807, 2.05) is 49.4 Å². The normalized spacial score (nSPS) is 12.9. The number of nitrogens with zero attached hydrogens (tertiary/aromatic N) is 3. The molecule has 4 aromatic rings. The second kappa shape index (κ2) is 11.0. The molecule has 0 spiro atoms. The molecule has 0 bridgehead atoms. The molecule has 8 heteroatoms. The number of carbonyl (C=O) groups excluding carboxylic acids is 1. The van der Waals surface area contributed by atoms with Gasteiger partial charge in [0.15, 0.2) is 0 Å². The van der Waals surface area contributed by atoms with Crippen molar-refractivity contribution in [3.8, 4) is 0 Å². The summed E-state index contributed by atoms with van der Waals surface area (Å²) in [6.07, 6.45) is -1.44. The maximum Gasteiger partial charge on any atom is 0.261 e. The number of amides is 1. The van der Waals surface area contributed by atoms with Crippen LogP contribution in [0.4, 0.5) is 4.39 Å². The minimum atomic E-state index is -1.44. The van der Waals surface area contributed by atoms with E-state index in [0.29, 0.717) is 27.3 Å². The Balaban J connectivity index is 1.87. The lowest BCUT2D eigenvalue weighted by atomic mass is 10.1. The highest BCUT2D eigenvalue weighted by molar-refractivity contribution is 6.31. The quantitative estimate of drug-likeness (QED) is 0.368. The number of aryl methyl sites for hydroxylation is 1. The first-order valence-electron chi connectivity index (χ1n) is 11.7. The number of hydrogen-bond acceptors (Lipinski definition) is 4. The molecule has 3 aromatic carbocycles. The fourth-order valence-electron chi connectivity index (χ4n) is 4.16. The lowest BCUT2D eigenvalue weighted by Crippen LogP contribution is -2.42. The average molecular weight is 507 g/mol. The number of benzene rings is 3. The molecular weight excluding hydrogens is 479 g/mol. The first-order chi connectivity index (χ1) is 17.3. The van der Waals surface area contributed by atoms with Gasteiger partial charge in [0.2, 0.25) is 0 Å². The van der Waals surface area contributed by atoms with Crippen LogP contribution in [0.25, 0.3) is 10.9 Å². The van der Waals surface area contributed by atoms with Crippen molar-refractivity contribution in [1.82, 2.24) is 14.5 Å². The summed E-state index contributed by atoms with van der Waals surface area (Å²) in [4.78, 5) is 33.4. The molecule has 0 saturated heterocycles. The van der Waals surface area contributed by atoms with Gasteiger partial charge >= 0.3 is 0 Å². The number of halogens is 2. The van der Waals surface area contributed by atoms with Crippen LogP contribution < -0.4 is 11.3 Å². The van der Waals surface area contributed by atoms with Gasteiger partial charge in [-0.2, -0.15) is 0 Å². The summed E-state index contributed by atoms with van der Waals surface area (Å²) in [6.45, 7) is 3.44. The predicted octanol–water partition coefficient (Wildman–Crippen LogP) is 4.91. The van der Waals surface area contributed by atoms with Crippen molar-refractivity contribution in [1.29, 1.82) is 0 Å². The SMILES string of the molecule is Cc1ccc(C(=O)N(CC(F)CN)C(C)c2nc3cc(Cl)ccc3c(=O)n2Cc2ccccc2)cc1. The lowest BCUT2D eigenvalue weighted by molar-refractivity contribution is 0.0621. The van der Waals surface area contributed by atoms with Crippen molar-refractivity contribution < 1.29 is 9.18 Å². The molecule has 6 nitrogen and oxygen atoms in total. The van der Waals surface area contributed by atoms with E-state index in [1.165, 1.54) is 4.90 Å². The van der Waals surface area contributed by atoms with Gasteiger partial charge < -0.3 is 10.6 Å². The lowest BCUT2D eigenvalue weighted by Gasteiger charge is -2.31. The van der Waals surface area contributed by atoms with Crippen LogP contribution in [0.3, 0.4) is 0 Å². The van der Waals surface area contributed by atoms with Gasteiger partial charge in [-0.05, 0) is 49.7 Å². The molecule has 2 atom stereocenters. The van der Waals surface area contributed by atoms with Gasteiger partial charge in [0.05, 0.1) is 30.0 Å². The fraction of sp³-hybridized carbons (Fsp3) is 0.250. The van der Waals surface area contributed by atoms with E-state index in [4.69, 9.17) is 22.3 Å². The third-order valence-electron chi connectivity index (χ3n) is 6.18. The average Bonchev–Trinajstić information content (AvgIpc) is 2.88. The zero-order chi connectivity index (χ0) is 25.8. The number of carbonyl (C=O) groups is 1. The maximum atomic E-state index is 14.6. The molecular formula is C28H28ClFN4O2. The largest absolute Gasteiger partial charge is 0.328 e. The Hall–Kier alpha value is -3.55. The molecule has 0 aliphatic carbocycles. The van der Waals surface area contributed by atoms with Crippen molar-refractivity contribution in [2.75, 3.05) is 13.1 Å². The molecule has 1 aromatic heterocycles. The molecule has 0 aliphatic heterocycles. The van der Waals surface area contributed by atoms with Crippen molar-refractivity contribution in [3.05, 3.63) is 111 Å². The molecule has 1 heterocycles. The summed E-state index contributed by atoms with van der Waals surface area (Å²) in [7, 11) is 0. The number of nitrogens with two attached hydrogens (primary N) is 1. The summed E-state index contributed by atoms with van der Waals surface area (Å²) < 4.78 is 16.1. The highest BCUT2D eigenvalue weighted by atomic mass is 35.5. The molecule has 4 rings (SSSR count). The predicted molar refractivity (Wildman–Crippen MR) is 141 cm³/mol. The van der Waals surface area contributed by atoms with E-state index in [2.05, 4.69) is 0 Å². The van der Waals surface area contributed by atoms with Crippen LogP contribution in [0.2, 0.25) is 5.02 Å². The number of rotatable bonds is 8. The van der Waals surface area contributed by atoms with E-state index >= 15 is 0 Å². The van der Waals surface area contributed by atoms with Gasteiger partial charge in [-0.1, -0.05) is 59.6 Å². The monoisotopic (exact) mass is 506 g/mol. The number of fused-ring (bicyclic) bond motifs is 1. The molecule has 36 heavy (non-hydrogen) atoms. The molecule has 186 valence electrons. The van der Waals surface area contributed by atoms with Gasteiger partial charge in [-0.3, -0.25) is 14.2 Å². The topological polar surface area (TPSA) is 81.2 Å².